The second-order valence-electron chi connectivity index (χ2n) is 4.26. The molecule has 0 saturated carbocycles. The van der Waals surface area contributed by atoms with Gasteiger partial charge in [-0.1, -0.05) is 0 Å². The number of hydrogen-bond donors (Lipinski definition) is 0. The Kier molecular flexibility index (Phi) is 2.02. The molecule has 2 aliphatic rings. The summed E-state index contributed by atoms with van der Waals surface area (Å²) in [7, 11) is 0. The first-order valence-corrected chi connectivity index (χ1v) is 5.05. The molecule has 4 nitrogen and oxygen atoms in total. The summed E-state index contributed by atoms with van der Waals surface area (Å²) in [5.41, 5.74) is -0.0799. The summed E-state index contributed by atoms with van der Waals surface area (Å²) in [5.74, 6) is 0. The van der Waals surface area contributed by atoms with Crippen molar-refractivity contribution in [3.05, 3.63) is 10.1 Å². The smallest absolute Gasteiger partial charge is 0.228 e. The van der Waals surface area contributed by atoms with E-state index >= 15 is 0 Å². The summed E-state index contributed by atoms with van der Waals surface area (Å²) in [6.45, 7) is 3.90. The first-order chi connectivity index (χ1) is 6.17. The van der Waals surface area contributed by atoms with Crippen LogP contribution in [0.15, 0.2) is 0 Å². The van der Waals surface area contributed by atoms with Crippen LogP contribution in [0.25, 0.3) is 0 Å². The van der Waals surface area contributed by atoms with Crippen molar-refractivity contribution in [3.8, 4) is 0 Å². The highest BCUT2D eigenvalue weighted by Crippen LogP contribution is 2.41. The van der Waals surface area contributed by atoms with E-state index in [0.29, 0.717) is 0 Å². The van der Waals surface area contributed by atoms with Crippen LogP contribution in [0.2, 0.25) is 0 Å². The Morgan fingerprint density at radius 2 is 1.92 bits per heavy atom. The zero-order valence-corrected chi connectivity index (χ0v) is 8.03. The number of rotatable bonds is 2. The second kappa shape index (κ2) is 2.94. The number of nitrogens with zero attached hydrogens (tertiary/aromatic N) is 2. The van der Waals surface area contributed by atoms with Gasteiger partial charge in [0.2, 0.25) is 6.04 Å². The summed E-state index contributed by atoms with van der Waals surface area (Å²) in [6.07, 6.45) is 4.32. The lowest BCUT2D eigenvalue weighted by Crippen LogP contribution is -2.50. The Morgan fingerprint density at radius 1 is 1.38 bits per heavy atom. The summed E-state index contributed by atoms with van der Waals surface area (Å²) >= 11 is 0. The Labute approximate surface area is 78.1 Å². The quantitative estimate of drug-likeness (QED) is 0.479. The average Bonchev–Trinajstić information content (AvgIpc) is 2.59. The van der Waals surface area contributed by atoms with Gasteiger partial charge in [-0.15, -0.1) is 0 Å². The van der Waals surface area contributed by atoms with Gasteiger partial charge < -0.3 is 0 Å². The van der Waals surface area contributed by atoms with E-state index in [9.17, 15) is 10.1 Å². The molecular weight excluding hydrogens is 168 g/mol. The summed E-state index contributed by atoms with van der Waals surface area (Å²) in [6, 6.07) is -0.391. The van der Waals surface area contributed by atoms with Crippen molar-refractivity contribution in [1.82, 2.24) is 4.90 Å². The standard InChI is InChI=1S/C9H16N2O2/c1-8(11(12)13)9-4-2-6-10(9)7-3-5-9/h8H,2-7H2,1H3. The highest BCUT2D eigenvalue weighted by atomic mass is 16.6. The van der Waals surface area contributed by atoms with Crippen LogP contribution in [0.5, 0.6) is 0 Å². The first-order valence-electron chi connectivity index (χ1n) is 5.05. The van der Waals surface area contributed by atoms with E-state index in [2.05, 4.69) is 4.90 Å². The highest BCUT2D eigenvalue weighted by molar-refractivity contribution is 5.03. The Bertz CT molecular complexity index is 220. The lowest BCUT2D eigenvalue weighted by molar-refractivity contribution is -0.533. The van der Waals surface area contributed by atoms with Crippen LogP contribution < -0.4 is 0 Å². The monoisotopic (exact) mass is 184 g/mol. The van der Waals surface area contributed by atoms with Gasteiger partial charge in [-0.2, -0.15) is 0 Å². The molecule has 0 aromatic rings. The normalized spacial score (nSPS) is 28.7. The van der Waals surface area contributed by atoms with Crippen molar-refractivity contribution in [2.24, 2.45) is 0 Å². The summed E-state index contributed by atoms with van der Waals surface area (Å²) in [4.78, 5) is 13.0. The Hall–Kier alpha value is -0.640. The van der Waals surface area contributed by atoms with E-state index in [1.165, 1.54) is 0 Å². The maximum atomic E-state index is 10.8. The van der Waals surface area contributed by atoms with Crippen molar-refractivity contribution in [2.75, 3.05) is 13.1 Å². The fraction of sp³-hybridized carbons (Fsp3) is 1.00. The number of hydrogen-bond acceptors (Lipinski definition) is 3. The first kappa shape index (κ1) is 8.94. The lowest BCUT2D eigenvalue weighted by atomic mass is 9.87. The topological polar surface area (TPSA) is 46.4 Å². The number of fused-ring (bicyclic) bond motifs is 1. The molecule has 2 saturated heterocycles. The van der Waals surface area contributed by atoms with Crippen molar-refractivity contribution < 1.29 is 4.92 Å². The third-order valence-corrected chi connectivity index (χ3v) is 3.80. The molecule has 4 heteroatoms. The molecule has 1 unspecified atom stereocenters. The van der Waals surface area contributed by atoms with Crippen LogP contribution >= 0.6 is 0 Å². The molecule has 0 aliphatic carbocycles. The summed E-state index contributed by atoms with van der Waals surface area (Å²) in [5, 5.41) is 10.8. The molecule has 74 valence electrons. The predicted octanol–water partition coefficient (Wildman–Crippen LogP) is 1.28. The van der Waals surface area contributed by atoms with Gasteiger partial charge in [0.1, 0.15) is 0 Å². The predicted molar refractivity (Wildman–Crippen MR) is 49.2 cm³/mol. The SMILES string of the molecule is CC([N+](=O)[O-])C12CCCN1CCC2. The maximum absolute atomic E-state index is 10.8. The van der Waals surface area contributed by atoms with Crippen LogP contribution in [0.4, 0.5) is 0 Å². The molecular formula is C9H16N2O2. The van der Waals surface area contributed by atoms with Gasteiger partial charge in [0.25, 0.3) is 0 Å². The van der Waals surface area contributed by atoms with Crippen molar-refractivity contribution in [1.29, 1.82) is 0 Å². The molecule has 0 radical (unpaired) electrons. The van der Waals surface area contributed by atoms with Gasteiger partial charge in [0, 0.05) is 11.8 Å². The minimum atomic E-state index is -0.391. The average molecular weight is 184 g/mol. The zero-order valence-electron chi connectivity index (χ0n) is 8.03. The Balaban J connectivity index is 2.22. The van der Waals surface area contributed by atoms with Gasteiger partial charge in [-0.05, 0) is 38.8 Å². The fourth-order valence-corrected chi connectivity index (χ4v) is 3.03. The van der Waals surface area contributed by atoms with Crippen molar-refractivity contribution in [2.45, 2.75) is 44.2 Å². The van der Waals surface area contributed by atoms with E-state index in [0.717, 1.165) is 38.8 Å². The molecule has 13 heavy (non-hydrogen) atoms. The van der Waals surface area contributed by atoms with E-state index in [1.54, 1.807) is 6.92 Å². The molecule has 0 bridgehead atoms. The molecule has 1 atom stereocenters. The van der Waals surface area contributed by atoms with Gasteiger partial charge in [0.15, 0.2) is 0 Å². The molecule has 0 aromatic heterocycles. The second-order valence-corrected chi connectivity index (χ2v) is 4.26. The van der Waals surface area contributed by atoms with Crippen LogP contribution in [-0.4, -0.2) is 34.5 Å². The molecule has 0 amide bonds. The maximum Gasteiger partial charge on any atom is 0.228 e. The lowest BCUT2D eigenvalue weighted by Gasteiger charge is -2.32. The van der Waals surface area contributed by atoms with Crippen molar-refractivity contribution >= 4 is 0 Å². The highest BCUT2D eigenvalue weighted by Gasteiger charge is 2.53. The van der Waals surface area contributed by atoms with E-state index in [-0.39, 0.29) is 10.5 Å². The molecule has 2 rings (SSSR count). The summed E-state index contributed by atoms with van der Waals surface area (Å²) < 4.78 is 0. The van der Waals surface area contributed by atoms with Gasteiger partial charge in [0.05, 0.1) is 5.54 Å². The third-order valence-electron chi connectivity index (χ3n) is 3.80. The molecule has 2 fully saturated rings. The fourth-order valence-electron chi connectivity index (χ4n) is 3.03. The van der Waals surface area contributed by atoms with Crippen LogP contribution in [0, 0.1) is 10.1 Å². The number of nitro groups is 1. The molecule has 2 heterocycles. The van der Waals surface area contributed by atoms with Gasteiger partial charge in [-0.25, -0.2) is 0 Å². The zero-order chi connectivity index (χ0) is 9.47. The van der Waals surface area contributed by atoms with Gasteiger partial charge >= 0.3 is 0 Å². The van der Waals surface area contributed by atoms with Crippen molar-refractivity contribution in [3.63, 3.8) is 0 Å². The van der Waals surface area contributed by atoms with Gasteiger partial charge in [-0.3, -0.25) is 15.0 Å². The van der Waals surface area contributed by atoms with Crippen LogP contribution in [0.3, 0.4) is 0 Å². The molecule has 2 aliphatic heterocycles. The molecule has 0 spiro atoms. The van der Waals surface area contributed by atoms with E-state index in [1.807, 2.05) is 0 Å². The van der Waals surface area contributed by atoms with Crippen LogP contribution in [0.1, 0.15) is 32.6 Å². The largest absolute Gasteiger partial charge is 0.292 e. The third kappa shape index (κ3) is 1.15. The molecule has 0 aromatic carbocycles. The minimum absolute atomic E-state index is 0.0799. The van der Waals surface area contributed by atoms with Crippen LogP contribution in [-0.2, 0) is 0 Å². The molecule has 0 N–H and O–H groups in total. The van der Waals surface area contributed by atoms with E-state index < -0.39 is 6.04 Å². The van der Waals surface area contributed by atoms with E-state index in [4.69, 9.17) is 0 Å². The minimum Gasteiger partial charge on any atom is -0.292 e. The Morgan fingerprint density at radius 3 is 2.38 bits per heavy atom.